The number of unbranched alkanes of at least 4 members (excludes halogenated alkanes) is 21. The number of carbonyl (C=O) groups excluding carboxylic acids is 2. The van der Waals surface area contributed by atoms with E-state index in [1.165, 1.54) is 89.9 Å². The Hall–Kier alpha value is -3.48. The third-order valence-electron chi connectivity index (χ3n) is 11.7. The van der Waals surface area contributed by atoms with Gasteiger partial charge in [0, 0.05) is 6.42 Å². The van der Waals surface area contributed by atoms with Crippen LogP contribution in [0, 0.1) is 0 Å². The molecule has 0 aliphatic carbocycles. The molecule has 0 bridgehead atoms. The number of esters is 1. The summed E-state index contributed by atoms with van der Waals surface area (Å²) in [5, 5.41) is 23.8. The summed E-state index contributed by atoms with van der Waals surface area (Å²) in [5.41, 5.74) is 0. The number of aliphatic hydroxyl groups is 2. The van der Waals surface area contributed by atoms with E-state index in [9.17, 15) is 19.8 Å². The molecule has 0 aliphatic rings. The van der Waals surface area contributed by atoms with Gasteiger partial charge in [0.15, 0.2) is 0 Å². The second kappa shape index (κ2) is 52.5. The molecule has 6 heteroatoms. The normalized spacial score (nSPS) is 14.1. The van der Waals surface area contributed by atoms with Gasteiger partial charge in [0.25, 0.3) is 0 Å². The number of ether oxygens (including phenoxy) is 1. The van der Waals surface area contributed by atoms with Gasteiger partial charge in [0.1, 0.15) is 6.10 Å². The predicted octanol–water partition coefficient (Wildman–Crippen LogP) is 16.7. The van der Waals surface area contributed by atoms with E-state index in [4.69, 9.17) is 4.74 Å². The van der Waals surface area contributed by atoms with Crippen molar-refractivity contribution < 1.29 is 24.5 Å². The van der Waals surface area contributed by atoms with Gasteiger partial charge in [0.05, 0.1) is 25.2 Å². The van der Waals surface area contributed by atoms with Gasteiger partial charge >= 0.3 is 5.97 Å². The first-order chi connectivity index (χ1) is 32.5. The molecule has 0 aliphatic heterocycles. The highest BCUT2D eigenvalue weighted by atomic mass is 16.5. The minimum Gasteiger partial charge on any atom is -0.462 e. The molecule has 0 heterocycles. The smallest absolute Gasteiger partial charge is 0.306 e. The Morgan fingerprint density at radius 3 is 1.42 bits per heavy atom. The van der Waals surface area contributed by atoms with Crippen LogP contribution < -0.4 is 5.32 Å². The molecule has 0 spiro atoms. The second-order valence-electron chi connectivity index (χ2n) is 18.0. The lowest BCUT2D eigenvalue weighted by atomic mass is 10.0. The number of rotatable bonds is 47. The highest BCUT2D eigenvalue weighted by Crippen LogP contribution is 2.17. The largest absolute Gasteiger partial charge is 0.462 e. The minimum atomic E-state index is -0.813. The molecule has 0 fully saturated rings. The molecule has 0 saturated heterocycles. The van der Waals surface area contributed by atoms with Gasteiger partial charge in [-0.2, -0.15) is 0 Å². The zero-order valence-corrected chi connectivity index (χ0v) is 42.8. The molecule has 3 atom stereocenters. The summed E-state index contributed by atoms with van der Waals surface area (Å²) in [7, 11) is 0. The standard InChI is InChI=1S/C60H101NO5/c1-4-7-10-13-16-19-22-25-27-29-31-33-35-38-41-44-47-50-53-60(65)66-56(51-48-45-42-39-36-34-32-30-28-26-23-20-17-14-11-8-5-2)54-59(64)61-57(55-62)58(63)52-49-46-43-40-37-24-21-18-15-12-9-6-3/h10,13,16-17,19-20,22,25-29,31-34,39,42,56-58,62-63H,4-9,11-12,14-15,18,21,23-24,30,35-38,40-41,43-55H2,1-3H3,(H,61,64)/b13-10+,19-16+,20-17-,25-22+,28-26-,29-27+,33-31+,34-32-,42-39-. The van der Waals surface area contributed by atoms with Crippen LogP contribution in [0.15, 0.2) is 109 Å². The number of hydrogen-bond donors (Lipinski definition) is 3. The Balaban J connectivity index is 4.77. The minimum absolute atomic E-state index is 0.0228. The number of nitrogens with one attached hydrogen (secondary N) is 1. The first-order valence-electron chi connectivity index (χ1n) is 27.2. The van der Waals surface area contributed by atoms with Crippen LogP contribution in [-0.4, -0.2) is 46.9 Å². The van der Waals surface area contributed by atoms with Crippen LogP contribution in [0.4, 0.5) is 0 Å². The summed E-state index contributed by atoms with van der Waals surface area (Å²) < 4.78 is 5.91. The molecule has 0 aromatic rings. The zero-order chi connectivity index (χ0) is 48.1. The van der Waals surface area contributed by atoms with Crippen molar-refractivity contribution in [2.45, 2.75) is 251 Å². The second-order valence-corrected chi connectivity index (χ2v) is 18.0. The third kappa shape index (κ3) is 47.0. The van der Waals surface area contributed by atoms with Crippen LogP contribution in [0.5, 0.6) is 0 Å². The zero-order valence-electron chi connectivity index (χ0n) is 42.8. The van der Waals surface area contributed by atoms with Crippen LogP contribution in [0.3, 0.4) is 0 Å². The van der Waals surface area contributed by atoms with E-state index < -0.39 is 18.2 Å². The highest BCUT2D eigenvalue weighted by molar-refractivity contribution is 5.77. The van der Waals surface area contributed by atoms with Crippen LogP contribution in [0.2, 0.25) is 0 Å². The van der Waals surface area contributed by atoms with Gasteiger partial charge in [-0.1, -0.05) is 246 Å². The summed E-state index contributed by atoms with van der Waals surface area (Å²) in [6.45, 7) is 6.34. The Labute approximate surface area is 407 Å². The predicted molar refractivity (Wildman–Crippen MR) is 287 cm³/mol. The maximum Gasteiger partial charge on any atom is 0.306 e. The Morgan fingerprint density at radius 2 is 0.879 bits per heavy atom. The molecule has 0 aromatic heterocycles. The molecule has 376 valence electrons. The van der Waals surface area contributed by atoms with Crippen molar-refractivity contribution in [3.8, 4) is 0 Å². The number of aliphatic hydroxyl groups excluding tert-OH is 2. The van der Waals surface area contributed by atoms with Crippen LogP contribution in [0.1, 0.15) is 233 Å². The van der Waals surface area contributed by atoms with Crippen molar-refractivity contribution >= 4 is 11.9 Å². The van der Waals surface area contributed by atoms with Gasteiger partial charge in [-0.25, -0.2) is 0 Å². The monoisotopic (exact) mass is 916 g/mol. The lowest BCUT2D eigenvalue weighted by Crippen LogP contribution is -2.46. The quantitative estimate of drug-likeness (QED) is 0.0245. The number of carbonyl (C=O) groups is 2. The van der Waals surface area contributed by atoms with Crippen molar-refractivity contribution in [1.82, 2.24) is 5.32 Å². The van der Waals surface area contributed by atoms with Crippen molar-refractivity contribution in [3.63, 3.8) is 0 Å². The van der Waals surface area contributed by atoms with Gasteiger partial charge in [0.2, 0.25) is 5.91 Å². The fourth-order valence-corrected chi connectivity index (χ4v) is 7.57. The third-order valence-corrected chi connectivity index (χ3v) is 11.7. The Bertz CT molecular complexity index is 1350. The van der Waals surface area contributed by atoms with E-state index >= 15 is 0 Å². The highest BCUT2D eigenvalue weighted by Gasteiger charge is 2.24. The van der Waals surface area contributed by atoms with E-state index in [1.54, 1.807) is 0 Å². The lowest BCUT2D eigenvalue weighted by Gasteiger charge is -2.24. The Kier molecular flexibility index (Phi) is 49.7. The Morgan fingerprint density at radius 1 is 0.455 bits per heavy atom. The van der Waals surface area contributed by atoms with Crippen LogP contribution >= 0.6 is 0 Å². The number of allylic oxidation sites excluding steroid dienone is 18. The number of hydrogen-bond acceptors (Lipinski definition) is 5. The molecule has 0 saturated carbocycles. The van der Waals surface area contributed by atoms with E-state index in [2.05, 4.69) is 111 Å². The molecular formula is C60H101NO5. The molecule has 0 radical (unpaired) electrons. The first kappa shape index (κ1) is 62.5. The topological polar surface area (TPSA) is 95.9 Å². The average Bonchev–Trinajstić information content (AvgIpc) is 3.31. The summed E-state index contributed by atoms with van der Waals surface area (Å²) in [4.78, 5) is 26.2. The molecular weight excluding hydrogens is 815 g/mol. The van der Waals surface area contributed by atoms with E-state index in [-0.39, 0.29) is 24.9 Å². The van der Waals surface area contributed by atoms with E-state index in [1.807, 2.05) is 24.3 Å². The molecule has 66 heavy (non-hydrogen) atoms. The fraction of sp³-hybridized carbons (Fsp3) is 0.667. The summed E-state index contributed by atoms with van der Waals surface area (Å²) in [6.07, 6.45) is 71.4. The lowest BCUT2D eigenvalue weighted by molar-refractivity contribution is -0.151. The van der Waals surface area contributed by atoms with Crippen LogP contribution in [0.25, 0.3) is 0 Å². The number of amides is 1. The molecule has 0 rings (SSSR count). The molecule has 6 nitrogen and oxygen atoms in total. The van der Waals surface area contributed by atoms with Gasteiger partial charge in [-0.05, 0) is 83.5 Å². The van der Waals surface area contributed by atoms with Crippen molar-refractivity contribution in [2.24, 2.45) is 0 Å². The average molecular weight is 916 g/mol. The summed E-state index contributed by atoms with van der Waals surface area (Å²) in [6, 6.07) is -0.732. The van der Waals surface area contributed by atoms with Gasteiger partial charge in [-0.3, -0.25) is 9.59 Å². The van der Waals surface area contributed by atoms with Crippen molar-refractivity contribution in [1.29, 1.82) is 0 Å². The maximum atomic E-state index is 13.2. The van der Waals surface area contributed by atoms with Gasteiger partial charge in [-0.15, -0.1) is 0 Å². The molecule has 1 amide bonds. The SMILES string of the molecule is CCC/C=C/C=C/C=C/C=C/C=C/CCCCCCCC(=O)OC(CCC/C=C\C/C=C\C/C=C\C/C=C\CCCCC)CC(=O)NC(CO)C(O)CCCCCCCCCCCCCC. The first-order valence-corrected chi connectivity index (χ1v) is 27.2. The van der Waals surface area contributed by atoms with Gasteiger partial charge < -0.3 is 20.3 Å². The molecule has 3 N–H and O–H groups in total. The van der Waals surface area contributed by atoms with Crippen LogP contribution in [-0.2, 0) is 14.3 Å². The summed E-state index contributed by atoms with van der Waals surface area (Å²) in [5.74, 6) is -0.564. The fourth-order valence-electron chi connectivity index (χ4n) is 7.57. The van der Waals surface area contributed by atoms with Crippen molar-refractivity contribution in [2.75, 3.05) is 6.61 Å². The van der Waals surface area contributed by atoms with E-state index in [0.29, 0.717) is 19.3 Å². The molecule has 3 unspecified atom stereocenters. The maximum absolute atomic E-state index is 13.2. The van der Waals surface area contributed by atoms with E-state index in [0.717, 1.165) is 96.3 Å². The van der Waals surface area contributed by atoms with Crippen molar-refractivity contribution in [3.05, 3.63) is 109 Å². The molecule has 0 aromatic carbocycles. The summed E-state index contributed by atoms with van der Waals surface area (Å²) >= 11 is 0.